The highest BCUT2D eigenvalue weighted by molar-refractivity contribution is 5.80. The van der Waals surface area contributed by atoms with E-state index in [9.17, 15) is 19.1 Å². The molecule has 0 aliphatic carbocycles. The third kappa shape index (κ3) is 3.12. The molecule has 152 valence electrons. The van der Waals surface area contributed by atoms with Gasteiger partial charge in [0.25, 0.3) is 5.56 Å². The zero-order valence-electron chi connectivity index (χ0n) is 16.0. The van der Waals surface area contributed by atoms with Gasteiger partial charge in [-0.05, 0) is 49.2 Å². The van der Waals surface area contributed by atoms with E-state index < -0.39 is 23.5 Å². The van der Waals surface area contributed by atoms with E-state index in [4.69, 9.17) is 10.00 Å². The Bertz CT molecular complexity index is 1250. The normalized spacial score (nSPS) is 15.9. The molecule has 0 bridgehead atoms. The van der Waals surface area contributed by atoms with Gasteiger partial charge in [-0.2, -0.15) is 5.26 Å². The minimum Gasteiger partial charge on any atom is -0.497 e. The van der Waals surface area contributed by atoms with Crippen molar-refractivity contribution in [1.82, 2.24) is 14.5 Å². The average Bonchev–Trinajstić information content (AvgIpc) is 3.24. The van der Waals surface area contributed by atoms with Crippen molar-refractivity contribution in [2.75, 3.05) is 13.7 Å². The number of nitrogens with zero attached hydrogens (tertiary/aromatic N) is 4. The second-order valence-electron chi connectivity index (χ2n) is 6.91. The molecule has 1 saturated heterocycles. The third-order valence-corrected chi connectivity index (χ3v) is 5.21. The van der Waals surface area contributed by atoms with E-state index in [0.29, 0.717) is 30.8 Å². The van der Waals surface area contributed by atoms with Crippen molar-refractivity contribution in [2.45, 2.75) is 18.9 Å². The molecule has 4 rings (SSSR count). The second kappa shape index (κ2) is 7.48. The summed E-state index contributed by atoms with van der Waals surface area (Å²) in [7, 11) is 1.51. The minimum atomic E-state index is -1.13. The fourth-order valence-corrected chi connectivity index (χ4v) is 3.80. The monoisotopic (exact) mass is 408 g/mol. The molecular formula is C21H17FN4O4. The van der Waals surface area contributed by atoms with Crippen molar-refractivity contribution < 1.29 is 19.0 Å². The summed E-state index contributed by atoms with van der Waals surface area (Å²) in [6.07, 6.45) is -0.0739. The number of aromatic nitrogens is 2. The van der Waals surface area contributed by atoms with E-state index in [1.165, 1.54) is 22.6 Å². The first-order valence-electron chi connectivity index (χ1n) is 9.25. The van der Waals surface area contributed by atoms with Crippen molar-refractivity contribution in [3.05, 3.63) is 64.0 Å². The van der Waals surface area contributed by atoms with Crippen LogP contribution in [0.1, 0.15) is 30.3 Å². The van der Waals surface area contributed by atoms with Crippen LogP contribution in [0, 0.1) is 17.1 Å². The number of rotatable bonds is 3. The fourth-order valence-electron chi connectivity index (χ4n) is 3.80. The van der Waals surface area contributed by atoms with E-state index in [1.54, 1.807) is 24.3 Å². The number of nitriles is 1. The number of likely N-dealkylation sites (tertiary alicyclic amines) is 1. The highest BCUT2D eigenvalue weighted by Crippen LogP contribution is 2.33. The zero-order valence-corrected chi connectivity index (χ0v) is 16.0. The molecule has 8 nitrogen and oxygen atoms in total. The second-order valence-corrected chi connectivity index (χ2v) is 6.91. The fraction of sp³-hybridized carbons (Fsp3) is 0.238. The Morgan fingerprint density at radius 3 is 2.70 bits per heavy atom. The van der Waals surface area contributed by atoms with E-state index in [0.717, 1.165) is 6.07 Å². The predicted molar refractivity (Wildman–Crippen MR) is 105 cm³/mol. The average molecular weight is 408 g/mol. The summed E-state index contributed by atoms with van der Waals surface area (Å²) in [4.78, 5) is 30.7. The van der Waals surface area contributed by atoms with Crippen LogP contribution in [0.3, 0.4) is 0 Å². The van der Waals surface area contributed by atoms with Crippen molar-refractivity contribution >= 4 is 17.0 Å². The van der Waals surface area contributed by atoms with E-state index in [-0.39, 0.29) is 22.3 Å². The van der Waals surface area contributed by atoms with Crippen molar-refractivity contribution in [3.63, 3.8) is 0 Å². The van der Waals surface area contributed by atoms with Gasteiger partial charge in [0.1, 0.15) is 17.1 Å². The number of hydrogen-bond acceptors (Lipinski definition) is 5. The number of amides is 1. The largest absolute Gasteiger partial charge is 0.497 e. The summed E-state index contributed by atoms with van der Waals surface area (Å²) < 4.78 is 21.1. The Balaban J connectivity index is 2.05. The van der Waals surface area contributed by atoms with Gasteiger partial charge in [0, 0.05) is 6.54 Å². The number of carboxylic acid groups (broad SMARTS) is 1. The summed E-state index contributed by atoms with van der Waals surface area (Å²) in [6, 6.07) is 10.0. The van der Waals surface area contributed by atoms with Crippen LogP contribution in [0.2, 0.25) is 0 Å². The molecule has 0 spiro atoms. The number of carbonyl (C=O) groups is 1. The molecule has 2 aromatic carbocycles. The lowest BCUT2D eigenvalue weighted by molar-refractivity contribution is 0.138. The minimum absolute atomic E-state index is 0.000889. The van der Waals surface area contributed by atoms with Gasteiger partial charge in [-0.1, -0.05) is 0 Å². The summed E-state index contributed by atoms with van der Waals surface area (Å²) in [5, 5.41) is 18.7. The molecule has 30 heavy (non-hydrogen) atoms. The molecule has 1 atom stereocenters. The van der Waals surface area contributed by atoms with Crippen molar-refractivity contribution in [3.8, 4) is 17.5 Å². The molecule has 1 fully saturated rings. The van der Waals surface area contributed by atoms with Crippen LogP contribution >= 0.6 is 0 Å². The molecule has 0 unspecified atom stereocenters. The Morgan fingerprint density at radius 2 is 2.07 bits per heavy atom. The quantitative estimate of drug-likeness (QED) is 0.713. The molecule has 1 amide bonds. The summed E-state index contributed by atoms with van der Waals surface area (Å²) >= 11 is 0. The highest BCUT2D eigenvalue weighted by atomic mass is 19.1. The SMILES string of the molecule is COc1ccc(-n2c([C@@H]3CCCN3C(=O)O)nc3c(F)cc(C#N)cc3c2=O)cc1. The van der Waals surface area contributed by atoms with Crippen LogP contribution in [0.25, 0.3) is 16.6 Å². The summed E-state index contributed by atoms with van der Waals surface area (Å²) in [5.74, 6) is -0.0849. The molecule has 1 N–H and O–H groups in total. The first kappa shape index (κ1) is 19.4. The summed E-state index contributed by atoms with van der Waals surface area (Å²) in [6.45, 7) is 0.298. The number of methoxy groups -OCH3 is 1. The topological polar surface area (TPSA) is 108 Å². The Kier molecular flexibility index (Phi) is 4.83. The van der Waals surface area contributed by atoms with Gasteiger partial charge in [0.15, 0.2) is 5.82 Å². The summed E-state index contributed by atoms with van der Waals surface area (Å²) in [5.41, 5.74) is -0.324. The lowest BCUT2D eigenvalue weighted by Crippen LogP contribution is -2.34. The lowest BCUT2D eigenvalue weighted by atomic mass is 10.1. The van der Waals surface area contributed by atoms with Gasteiger partial charge < -0.3 is 9.84 Å². The van der Waals surface area contributed by atoms with Crippen LogP contribution < -0.4 is 10.3 Å². The maximum absolute atomic E-state index is 14.7. The molecule has 0 saturated carbocycles. The standard InChI is InChI=1S/C21H17FN4O4/c1-30-14-6-4-13(5-7-14)26-19(17-3-2-8-25(17)21(28)29)24-18-15(20(26)27)9-12(11-23)10-16(18)22/h4-7,9-10,17H,2-3,8H2,1H3,(H,28,29)/t17-/m0/s1. The Hall–Kier alpha value is -3.93. The smallest absolute Gasteiger partial charge is 0.407 e. The number of halogens is 1. The van der Waals surface area contributed by atoms with Crippen LogP contribution in [0.5, 0.6) is 5.75 Å². The number of fused-ring (bicyclic) bond motifs is 1. The van der Waals surface area contributed by atoms with Crippen molar-refractivity contribution in [2.24, 2.45) is 0 Å². The van der Waals surface area contributed by atoms with Gasteiger partial charge in [0.05, 0.1) is 35.9 Å². The van der Waals surface area contributed by atoms with Crippen molar-refractivity contribution in [1.29, 1.82) is 5.26 Å². The molecule has 0 radical (unpaired) electrons. The predicted octanol–water partition coefficient (Wildman–Crippen LogP) is 3.22. The van der Waals surface area contributed by atoms with Crippen LogP contribution in [0.4, 0.5) is 9.18 Å². The van der Waals surface area contributed by atoms with Gasteiger partial charge >= 0.3 is 6.09 Å². The Labute approximate surface area is 170 Å². The molecule has 1 aliphatic heterocycles. The highest BCUT2D eigenvalue weighted by Gasteiger charge is 2.34. The first-order chi connectivity index (χ1) is 14.4. The molecule has 3 aromatic rings. The number of benzene rings is 2. The van der Waals surface area contributed by atoms with Gasteiger partial charge in [0.2, 0.25) is 0 Å². The van der Waals surface area contributed by atoms with Crippen LogP contribution in [-0.2, 0) is 0 Å². The molecule has 1 aliphatic rings. The van der Waals surface area contributed by atoms with Gasteiger partial charge in [-0.15, -0.1) is 0 Å². The maximum Gasteiger partial charge on any atom is 0.407 e. The Morgan fingerprint density at radius 1 is 1.33 bits per heavy atom. The maximum atomic E-state index is 14.7. The van der Waals surface area contributed by atoms with Crippen LogP contribution in [-0.4, -0.2) is 39.3 Å². The number of ether oxygens (including phenoxy) is 1. The van der Waals surface area contributed by atoms with Gasteiger partial charge in [-0.25, -0.2) is 14.2 Å². The lowest BCUT2D eigenvalue weighted by Gasteiger charge is -2.24. The van der Waals surface area contributed by atoms with E-state index in [2.05, 4.69) is 4.98 Å². The third-order valence-electron chi connectivity index (χ3n) is 5.21. The molecule has 1 aromatic heterocycles. The molecule has 9 heteroatoms. The number of hydrogen-bond donors (Lipinski definition) is 1. The zero-order chi connectivity index (χ0) is 21.4. The molecular weight excluding hydrogens is 391 g/mol. The van der Waals surface area contributed by atoms with E-state index in [1.807, 2.05) is 6.07 Å². The first-order valence-corrected chi connectivity index (χ1v) is 9.25. The molecule has 2 heterocycles. The van der Waals surface area contributed by atoms with Gasteiger partial charge in [-0.3, -0.25) is 14.3 Å². The van der Waals surface area contributed by atoms with E-state index >= 15 is 0 Å². The van der Waals surface area contributed by atoms with Crippen LogP contribution in [0.15, 0.2) is 41.2 Å².